The number of carbonyl (C=O) groups excluding carboxylic acids is 2. The van der Waals surface area contributed by atoms with Gasteiger partial charge in [-0.25, -0.2) is 13.6 Å². The standard InChI is InChI=1S/C29H32F2N4O3/c1-29(2,3)38-28(37)34-13-10-19(11-14-34)35-15-12-25-21(17-35)26(20-6-4-5-7-24(20)33-25)27(36)32-18-8-9-22(30)23(31)16-18/h4-9,16,19H,10-15,17H2,1-3H3,(H,32,36). The molecule has 0 unspecified atom stereocenters. The van der Waals surface area contributed by atoms with E-state index in [4.69, 9.17) is 9.72 Å². The Kier molecular flexibility index (Phi) is 7.05. The van der Waals surface area contributed by atoms with Crippen molar-refractivity contribution in [1.82, 2.24) is 14.8 Å². The van der Waals surface area contributed by atoms with E-state index in [1.165, 1.54) is 6.07 Å². The predicted molar refractivity (Wildman–Crippen MR) is 141 cm³/mol. The second-order valence-electron chi connectivity index (χ2n) is 10.9. The molecular formula is C29H32F2N4O3. The number of amides is 2. The summed E-state index contributed by atoms with van der Waals surface area (Å²) >= 11 is 0. The molecule has 1 aromatic heterocycles. The van der Waals surface area contributed by atoms with Crippen LogP contribution in [0.1, 0.15) is 55.2 Å². The normalized spacial score (nSPS) is 16.8. The van der Waals surface area contributed by atoms with Crippen LogP contribution in [0.4, 0.5) is 19.3 Å². The molecule has 0 aliphatic carbocycles. The van der Waals surface area contributed by atoms with E-state index in [9.17, 15) is 18.4 Å². The number of carbonyl (C=O) groups is 2. The highest BCUT2D eigenvalue weighted by atomic mass is 19.2. The van der Waals surface area contributed by atoms with Gasteiger partial charge in [0.25, 0.3) is 5.91 Å². The highest BCUT2D eigenvalue weighted by molar-refractivity contribution is 6.13. The third kappa shape index (κ3) is 5.48. The molecule has 0 atom stereocenters. The average molecular weight is 523 g/mol. The molecule has 2 amide bonds. The molecule has 1 fully saturated rings. The molecule has 0 radical (unpaired) electrons. The molecule has 200 valence electrons. The van der Waals surface area contributed by atoms with Crippen LogP contribution in [0.5, 0.6) is 0 Å². The highest BCUT2D eigenvalue weighted by Crippen LogP contribution is 2.31. The van der Waals surface area contributed by atoms with Gasteiger partial charge in [0.2, 0.25) is 0 Å². The van der Waals surface area contributed by atoms with Gasteiger partial charge in [-0.15, -0.1) is 0 Å². The molecule has 0 bridgehead atoms. The lowest BCUT2D eigenvalue weighted by Crippen LogP contribution is -2.49. The smallest absolute Gasteiger partial charge is 0.410 e. The first-order valence-electron chi connectivity index (χ1n) is 13.0. The van der Waals surface area contributed by atoms with Crippen LogP contribution >= 0.6 is 0 Å². The maximum Gasteiger partial charge on any atom is 0.410 e. The highest BCUT2D eigenvalue weighted by Gasteiger charge is 2.33. The van der Waals surface area contributed by atoms with Crippen molar-refractivity contribution in [2.75, 3.05) is 25.0 Å². The zero-order valence-corrected chi connectivity index (χ0v) is 21.9. The fourth-order valence-corrected chi connectivity index (χ4v) is 5.29. The molecule has 38 heavy (non-hydrogen) atoms. The minimum absolute atomic E-state index is 0.186. The fraction of sp³-hybridized carbons (Fsp3) is 0.414. The van der Waals surface area contributed by atoms with Crippen molar-refractivity contribution < 1.29 is 23.1 Å². The summed E-state index contributed by atoms with van der Waals surface area (Å²) in [7, 11) is 0. The van der Waals surface area contributed by atoms with Crippen LogP contribution in [0.15, 0.2) is 42.5 Å². The molecular weight excluding hydrogens is 490 g/mol. The largest absolute Gasteiger partial charge is 0.444 e. The number of benzene rings is 2. The monoisotopic (exact) mass is 522 g/mol. The number of hydrogen-bond donors (Lipinski definition) is 1. The first-order chi connectivity index (χ1) is 18.1. The molecule has 2 aliphatic rings. The molecule has 9 heteroatoms. The Morgan fingerprint density at radius 3 is 2.47 bits per heavy atom. The van der Waals surface area contributed by atoms with Crippen molar-refractivity contribution in [2.45, 2.75) is 58.2 Å². The maximum absolute atomic E-state index is 13.8. The summed E-state index contributed by atoms with van der Waals surface area (Å²) in [4.78, 5) is 35.0. The van der Waals surface area contributed by atoms with E-state index in [2.05, 4.69) is 10.2 Å². The van der Waals surface area contributed by atoms with E-state index < -0.39 is 17.2 Å². The van der Waals surface area contributed by atoms with Gasteiger partial charge >= 0.3 is 6.09 Å². The van der Waals surface area contributed by atoms with E-state index in [-0.39, 0.29) is 23.7 Å². The fourth-order valence-electron chi connectivity index (χ4n) is 5.29. The molecule has 1 saturated heterocycles. The SMILES string of the molecule is CC(C)(C)OC(=O)N1CCC(N2CCc3nc4ccccc4c(C(=O)Nc4ccc(F)c(F)c4)c3C2)CC1. The maximum atomic E-state index is 13.8. The first-order valence-corrected chi connectivity index (χ1v) is 13.0. The number of nitrogens with zero attached hydrogens (tertiary/aromatic N) is 3. The van der Waals surface area contributed by atoms with Gasteiger partial charge in [0.1, 0.15) is 5.60 Å². The van der Waals surface area contributed by atoms with Gasteiger partial charge in [-0.1, -0.05) is 18.2 Å². The van der Waals surface area contributed by atoms with Crippen LogP contribution in [-0.2, 0) is 17.7 Å². The third-order valence-corrected chi connectivity index (χ3v) is 7.11. The Morgan fingerprint density at radius 1 is 1.03 bits per heavy atom. The van der Waals surface area contributed by atoms with E-state index in [1.807, 2.05) is 45.0 Å². The lowest BCUT2D eigenvalue weighted by atomic mass is 9.92. The van der Waals surface area contributed by atoms with Gasteiger partial charge in [0.15, 0.2) is 11.6 Å². The third-order valence-electron chi connectivity index (χ3n) is 7.11. The molecule has 2 aromatic carbocycles. The second kappa shape index (κ2) is 10.3. The number of pyridine rings is 1. The van der Waals surface area contributed by atoms with Crippen molar-refractivity contribution in [2.24, 2.45) is 0 Å². The van der Waals surface area contributed by atoms with E-state index in [0.717, 1.165) is 48.3 Å². The number of aromatic nitrogens is 1. The van der Waals surface area contributed by atoms with Crippen molar-refractivity contribution in [1.29, 1.82) is 0 Å². The van der Waals surface area contributed by atoms with Crippen molar-refractivity contribution in [3.63, 3.8) is 0 Å². The Balaban J connectivity index is 1.38. The van der Waals surface area contributed by atoms with Crippen molar-refractivity contribution in [3.8, 4) is 0 Å². The zero-order valence-electron chi connectivity index (χ0n) is 21.9. The van der Waals surface area contributed by atoms with Crippen LogP contribution in [0.2, 0.25) is 0 Å². The molecule has 5 rings (SSSR count). The Labute approximate surface area is 220 Å². The number of anilines is 1. The lowest BCUT2D eigenvalue weighted by molar-refractivity contribution is 0.0133. The number of para-hydroxylation sites is 1. The molecule has 3 aromatic rings. The van der Waals surface area contributed by atoms with Crippen LogP contribution in [0.3, 0.4) is 0 Å². The van der Waals surface area contributed by atoms with Crippen LogP contribution in [0.25, 0.3) is 10.9 Å². The number of hydrogen-bond acceptors (Lipinski definition) is 5. The second-order valence-corrected chi connectivity index (χ2v) is 10.9. The molecule has 1 N–H and O–H groups in total. The Hall–Kier alpha value is -3.59. The van der Waals surface area contributed by atoms with E-state index in [0.29, 0.717) is 37.0 Å². The number of halogens is 2. The summed E-state index contributed by atoms with van der Waals surface area (Å²) in [5.41, 5.74) is 2.61. The quantitative estimate of drug-likeness (QED) is 0.490. The number of rotatable bonds is 3. The molecule has 2 aliphatic heterocycles. The zero-order chi connectivity index (χ0) is 27.0. The minimum Gasteiger partial charge on any atom is -0.444 e. The summed E-state index contributed by atoms with van der Waals surface area (Å²) in [6, 6.07) is 11.1. The van der Waals surface area contributed by atoms with Gasteiger partial charge in [-0.3, -0.25) is 14.7 Å². The Bertz CT molecular complexity index is 1380. The minimum atomic E-state index is -1.02. The molecule has 0 saturated carbocycles. The van der Waals surface area contributed by atoms with Crippen LogP contribution in [0, 0.1) is 11.6 Å². The number of piperidine rings is 1. The molecule has 3 heterocycles. The van der Waals surface area contributed by atoms with Crippen LogP contribution < -0.4 is 5.32 Å². The summed E-state index contributed by atoms with van der Waals surface area (Å²) in [5.74, 6) is -2.37. The number of ether oxygens (including phenoxy) is 1. The van der Waals surface area contributed by atoms with Crippen molar-refractivity contribution >= 4 is 28.6 Å². The van der Waals surface area contributed by atoms with Gasteiger partial charge in [0, 0.05) is 67.0 Å². The Morgan fingerprint density at radius 2 is 1.76 bits per heavy atom. The summed E-state index contributed by atoms with van der Waals surface area (Å²) in [6.07, 6.45) is 2.03. The predicted octanol–water partition coefficient (Wildman–Crippen LogP) is 5.52. The lowest BCUT2D eigenvalue weighted by Gasteiger charge is -2.41. The number of fused-ring (bicyclic) bond motifs is 2. The van der Waals surface area contributed by atoms with Gasteiger partial charge < -0.3 is 15.0 Å². The van der Waals surface area contributed by atoms with Gasteiger partial charge in [0.05, 0.1) is 11.1 Å². The van der Waals surface area contributed by atoms with Gasteiger partial charge in [-0.05, 0) is 51.8 Å². The number of likely N-dealkylation sites (tertiary alicyclic amines) is 1. The summed E-state index contributed by atoms with van der Waals surface area (Å²) in [6.45, 7) is 8.16. The molecule has 0 spiro atoms. The van der Waals surface area contributed by atoms with E-state index >= 15 is 0 Å². The van der Waals surface area contributed by atoms with Crippen LogP contribution in [-0.4, -0.2) is 58.1 Å². The summed E-state index contributed by atoms with van der Waals surface area (Å²) in [5, 5.41) is 3.47. The number of nitrogens with one attached hydrogen (secondary N) is 1. The average Bonchev–Trinajstić information content (AvgIpc) is 2.88. The summed E-state index contributed by atoms with van der Waals surface area (Å²) < 4.78 is 32.7. The topological polar surface area (TPSA) is 74.8 Å². The van der Waals surface area contributed by atoms with Gasteiger partial charge in [-0.2, -0.15) is 0 Å². The van der Waals surface area contributed by atoms with E-state index in [1.54, 1.807) is 4.90 Å². The van der Waals surface area contributed by atoms with Crippen molar-refractivity contribution in [3.05, 3.63) is 70.9 Å². The molecule has 7 nitrogen and oxygen atoms in total. The first kappa shape index (κ1) is 26.0.